The summed E-state index contributed by atoms with van der Waals surface area (Å²) in [6, 6.07) is 11.9. The van der Waals surface area contributed by atoms with Crippen molar-refractivity contribution in [2.75, 3.05) is 11.1 Å². The molecule has 0 fully saturated rings. The Morgan fingerprint density at radius 1 is 1.26 bits per heavy atom. The van der Waals surface area contributed by atoms with Gasteiger partial charge in [0, 0.05) is 12.6 Å². The summed E-state index contributed by atoms with van der Waals surface area (Å²) in [7, 11) is 0. The highest BCUT2D eigenvalue weighted by molar-refractivity contribution is 9.10. The molecule has 0 saturated heterocycles. The molecule has 0 amide bonds. The van der Waals surface area contributed by atoms with E-state index in [0.29, 0.717) is 18.0 Å². The lowest BCUT2D eigenvalue weighted by Crippen LogP contribution is -2.06. The number of nitrogens with one attached hydrogen (secondary N) is 1. The van der Waals surface area contributed by atoms with Crippen LogP contribution in [0.25, 0.3) is 5.65 Å². The quantitative estimate of drug-likeness (QED) is 0.779. The maximum Gasteiger partial charge on any atom is 0.173 e. The lowest BCUT2D eigenvalue weighted by molar-refractivity contribution is 0.949. The fraction of sp³-hybridized carbons (Fsp3) is 0.0769. The Hall–Kier alpha value is -2.08. The fourth-order valence-electron chi connectivity index (χ4n) is 1.84. The minimum Gasteiger partial charge on any atom is -0.383 e. The van der Waals surface area contributed by atoms with Crippen LogP contribution in [0.1, 0.15) is 5.56 Å². The summed E-state index contributed by atoms with van der Waals surface area (Å²) < 4.78 is 2.42. The molecule has 0 bridgehead atoms. The number of nitrogen functional groups attached to an aromatic ring is 1. The Bertz CT molecular complexity index is 708. The SMILES string of the molecule is Nc1cc(NCc2ccccc2)nc2c(Br)cnn12. The van der Waals surface area contributed by atoms with Crippen molar-refractivity contribution in [3.63, 3.8) is 0 Å². The number of aromatic nitrogens is 3. The number of halogens is 1. The summed E-state index contributed by atoms with van der Waals surface area (Å²) in [5.74, 6) is 1.28. The van der Waals surface area contributed by atoms with Crippen LogP contribution in [0.2, 0.25) is 0 Å². The normalized spacial score (nSPS) is 10.8. The van der Waals surface area contributed by atoms with Gasteiger partial charge in [-0.05, 0) is 21.5 Å². The number of hydrogen-bond acceptors (Lipinski definition) is 4. The molecule has 96 valence electrons. The number of nitrogens with two attached hydrogens (primary N) is 1. The Morgan fingerprint density at radius 3 is 2.84 bits per heavy atom. The first kappa shape index (κ1) is 12.0. The second kappa shape index (κ2) is 4.89. The van der Waals surface area contributed by atoms with Gasteiger partial charge in [-0.2, -0.15) is 9.61 Å². The summed E-state index contributed by atoms with van der Waals surface area (Å²) in [5, 5.41) is 7.39. The van der Waals surface area contributed by atoms with Gasteiger partial charge in [-0.1, -0.05) is 30.3 Å². The maximum absolute atomic E-state index is 5.94. The van der Waals surface area contributed by atoms with Crippen LogP contribution < -0.4 is 11.1 Å². The van der Waals surface area contributed by atoms with Gasteiger partial charge >= 0.3 is 0 Å². The second-order valence-corrected chi connectivity index (χ2v) is 4.99. The van der Waals surface area contributed by atoms with E-state index in [9.17, 15) is 0 Å². The van der Waals surface area contributed by atoms with Crippen molar-refractivity contribution < 1.29 is 0 Å². The molecule has 5 nitrogen and oxygen atoms in total. The van der Waals surface area contributed by atoms with E-state index in [0.717, 1.165) is 10.3 Å². The first-order valence-electron chi connectivity index (χ1n) is 5.81. The molecule has 3 aromatic rings. The number of anilines is 2. The van der Waals surface area contributed by atoms with Gasteiger partial charge in [0.25, 0.3) is 0 Å². The molecule has 0 aliphatic carbocycles. The first-order valence-corrected chi connectivity index (χ1v) is 6.61. The van der Waals surface area contributed by atoms with Crippen LogP contribution in [0, 0.1) is 0 Å². The molecule has 2 heterocycles. The molecule has 3 N–H and O–H groups in total. The monoisotopic (exact) mass is 317 g/mol. The zero-order chi connectivity index (χ0) is 13.2. The Kier molecular flexibility index (Phi) is 3.08. The van der Waals surface area contributed by atoms with E-state index in [1.54, 1.807) is 16.8 Å². The van der Waals surface area contributed by atoms with Crippen LogP contribution in [0.3, 0.4) is 0 Å². The van der Waals surface area contributed by atoms with Crippen molar-refractivity contribution in [3.8, 4) is 0 Å². The maximum atomic E-state index is 5.94. The standard InChI is InChI=1S/C13H12BrN5/c14-10-8-17-19-11(15)6-12(18-13(10)19)16-7-9-4-2-1-3-5-9/h1-6,8H,7,15H2,(H,16,18). The van der Waals surface area contributed by atoms with Crippen LogP contribution >= 0.6 is 15.9 Å². The third kappa shape index (κ3) is 2.39. The molecule has 2 aromatic heterocycles. The third-order valence-corrected chi connectivity index (χ3v) is 3.33. The molecule has 0 unspecified atom stereocenters. The molecule has 0 aliphatic heterocycles. The molecule has 1 aromatic carbocycles. The van der Waals surface area contributed by atoms with Gasteiger partial charge in [0.15, 0.2) is 5.65 Å². The highest BCUT2D eigenvalue weighted by Crippen LogP contribution is 2.20. The molecule has 0 radical (unpaired) electrons. The van der Waals surface area contributed by atoms with Crippen LogP contribution in [0.4, 0.5) is 11.6 Å². The van der Waals surface area contributed by atoms with Crippen LogP contribution in [-0.2, 0) is 6.54 Å². The van der Waals surface area contributed by atoms with Gasteiger partial charge < -0.3 is 11.1 Å². The molecule has 0 atom stereocenters. The summed E-state index contributed by atoms with van der Waals surface area (Å²) in [6.07, 6.45) is 1.68. The lowest BCUT2D eigenvalue weighted by Gasteiger charge is -2.07. The van der Waals surface area contributed by atoms with Crippen molar-refractivity contribution in [3.05, 3.63) is 52.6 Å². The third-order valence-electron chi connectivity index (χ3n) is 2.77. The Balaban J connectivity index is 1.87. The molecule has 0 aliphatic rings. The molecule has 0 saturated carbocycles. The van der Waals surface area contributed by atoms with Gasteiger partial charge in [-0.3, -0.25) is 0 Å². The van der Waals surface area contributed by atoms with Crippen molar-refractivity contribution in [2.45, 2.75) is 6.54 Å². The number of hydrogen-bond donors (Lipinski definition) is 2. The smallest absolute Gasteiger partial charge is 0.173 e. The van der Waals surface area contributed by atoms with Crippen molar-refractivity contribution in [1.29, 1.82) is 0 Å². The molecule has 6 heteroatoms. The minimum absolute atomic E-state index is 0.547. The highest BCUT2D eigenvalue weighted by Gasteiger charge is 2.07. The molecular weight excluding hydrogens is 306 g/mol. The molecule has 19 heavy (non-hydrogen) atoms. The lowest BCUT2D eigenvalue weighted by atomic mass is 10.2. The zero-order valence-electron chi connectivity index (χ0n) is 10.0. The zero-order valence-corrected chi connectivity index (χ0v) is 11.6. The Labute approximate surface area is 118 Å². The van der Waals surface area contributed by atoms with E-state index in [2.05, 4.69) is 43.5 Å². The van der Waals surface area contributed by atoms with Crippen molar-refractivity contribution in [1.82, 2.24) is 14.6 Å². The fourth-order valence-corrected chi connectivity index (χ4v) is 2.19. The van der Waals surface area contributed by atoms with Gasteiger partial charge in [0.1, 0.15) is 11.6 Å². The number of fused-ring (bicyclic) bond motifs is 1. The van der Waals surface area contributed by atoms with E-state index in [4.69, 9.17) is 5.73 Å². The highest BCUT2D eigenvalue weighted by atomic mass is 79.9. The molecule has 3 rings (SSSR count). The van der Waals surface area contributed by atoms with E-state index in [1.807, 2.05) is 18.2 Å². The largest absolute Gasteiger partial charge is 0.383 e. The van der Waals surface area contributed by atoms with Crippen molar-refractivity contribution >= 4 is 33.2 Å². The van der Waals surface area contributed by atoms with Crippen LogP contribution in [0.15, 0.2) is 47.1 Å². The van der Waals surface area contributed by atoms with Gasteiger partial charge in [-0.15, -0.1) is 0 Å². The predicted octanol–water partition coefficient (Wildman–Crippen LogP) is 2.69. The number of nitrogens with zero attached hydrogens (tertiary/aromatic N) is 3. The van der Waals surface area contributed by atoms with Crippen molar-refractivity contribution in [2.24, 2.45) is 0 Å². The topological polar surface area (TPSA) is 68.2 Å². The predicted molar refractivity (Wildman–Crippen MR) is 78.9 cm³/mol. The summed E-state index contributed by atoms with van der Waals surface area (Å²) in [4.78, 5) is 4.47. The average molecular weight is 318 g/mol. The van der Waals surface area contributed by atoms with E-state index in [-0.39, 0.29) is 0 Å². The minimum atomic E-state index is 0.547. The van der Waals surface area contributed by atoms with Gasteiger partial charge in [0.05, 0.1) is 10.7 Å². The van der Waals surface area contributed by atoms with E-state index in [1.165, 1.54) is 5.56 Å². The van der Waals surface area contributed by atoms with Crippen LogP contribution in [0.5, 0.6) is 0 Å². The number of benzene rings is 1. The number of rotatable bonds is 3. The van der Waals surface area contributed by atoms with E-state index >= 15 is 0 Å². The molecular formula is C13H12BrN5. The molecule has 0 spiro atoms. The summed E-state index contributed by atoms with van der Waals surface area (Å²) in [5.41, 5.74) is 7.83. The van der Waals surface area contributed by atoms with E-state index < -0.39 is 0 Å². The summed E-state index contributed by atoms with van der Waals surface area (Å²) in [6.45, 7) is 0.704. The second-order valence-electron chi connectivity index (χ2n) is 4.13. The Morgan fingerprint density at radius 2 is 2.05 bits per heavy atom. The first-order chi connectivity index (χ1) is 9.24. The average Bonchev–Trinajstić information content (AvgIpc) is 2.80. The van der Waals surface area contributed by atoms with Crippen LogP contribution in [-0.4, -0.2) is 14.6 Å². The summed E-state index contributed by atoms with van der Waals surface area (Å²) >= 11 is 3.40. The van der Waals surface area contributed by atoms with Gasteiger partial charge in [-0.25, -0.2) is 4.98 Å². The van der Waals surface area contributed by atoms with Gasteiger partial charge in [0.2, 0.25) is 0 Å².